The van der Waals surface area contributed by atoms with E-state index in [-0.39, 0.29) is 42.4 Å². The highest BCUT2D eigenvalue weighted by atomic mass is 32.2. The monoisotopic (exact) mass is 457 g/mol. The van der Waals surface area contributed by atoms with Crippen molar-refractivity contribution in [2.45, 2.75) is 31.1 Å². The Kier molecular flexibility index (Phi) is 6.80. The lowest BCUT2D eigenvalue weighted by atomic mass is 9.87. The molecule has 9 heteroatoms. The SMILES string of the molecule is CC(C)(C)c1ccc(C=CC(=O)N2CCN(S(=O)(=O)c3ccccc3[N+](=O)[O-])CC2)cc1. The van der Waals surface area contributed by atoms with Crippen LogP contribution in [0.4, 0.5) is 5.69 Å². The molecule has 8 nitrogen and oxygen atoms in total. The molecule has 1 aliphatic heterocycles. The maximum absolute atomic E-state index is 12.9. The maximum atomic E-state index is 12.9. The van der Waals surface area contributed by atoms with E-state index in [2.05, 4.69) is 20.8 Å². The van der Waals surface area contributed by atoms with Gasteiger partial charge in [-0.1, -0.05) is 57.2 Å². The Balaban J connectivity index is 1.63. The van der Waals surface area contributed by atoms with Crippen LogP contribution in [-0.2, 0) is 20.2 Å². The summed E-state index contributed by atoms with van der Waals surface area (Å²) in [4.78, 5) is 24.3. The number of nitrogens with zero attached hydrogens (tertiary/aromatic N) is 3. The number of benzene rings is 2. The predicted molar refractivity (Wildman–Crippen MR) is 123 cm³/mol. The van der Waals surface area contributed by atoms with E-state index in [1.807, 2.05) is 24.3 Å². The number of carbonyl (C=O) groups excluding carboxylic acids is 1. The number of amides is 1. The third-order valence-corrected chi connectivity index (χ3v) is 7.37. The molecule has 32 heavy (non-hydrogen) atoms. The number of rotatable bonds is 5. The highest BCUT2D eigenvalue weighted by molar-refractivity contribution is 7.89. The Bertz CT molecular complexity index is 1130. The van der Waals surface area contributed by atoms with Gasteiger partial charge in [0, 0.05) is 38.3 Å². The minimum atomic E-state index is -4.02. The van der Waals surface area contributed by atoms with Crippen molar-refractivity contribution >= 4 is 27.7 Å². The molecule has 1 aliphatic rings. The molecular weight excluding hydrogens is 430 g/mol. The number of piperazine rings is 1. The molecule has 0 radical (unpaired) electrons. The van der Waals surface area contributed by atoms with Crippen LogP contribution < -0.4 is 0 Å². The predicted octanol–water partition coefficient (Wildman–Crippen LogP) is 3.44. The molecule has 0 N–H and O–H groups in total. The highest BCUT2D eigenvalue weighted by Gasteiger charge is 2.34. The summed E-state index contributed by atoms with van der Waals surface area (Å²) >= 11 is 0. The molecule has 0 bridgehead atoms. The summed E-state index contributed by atoms with van der Waals surface area (Å²) in [5.41, 5.74) is 1.71. The molecule has 1 fully saturated rings. The first-order valence-electron chi connectivity index (χ1n) is 10.3. The highest BCUT2D eigenvalue weighted by Crippen LogP contribution is 2.27. The van der Waals surface area contributed by atoms with Crippen LogP contribution in [0.15, 0.2) is 59.5 Å². The number of sulfonamides is 1. The van der Waals surface area contributed by atoms with E-state index in [0.717, 1.165) is 5.56 Å². The van der Waals surface area contributed by atoms with Gasteiger partial charge in [-0.2, -0.15) is 4.31 Å². The summed E-state index contributed by atoms with van der Waals surface area (Å²) in [5, 5.41) is 11.2. The Labute approximate surface area is 188 Å². The molecule has 0 aliphatic carbocycles. The van der Waals surface area contributed by atoms with E-state index in [4.69, 9.17) is 0 Å². The van der Waals surface area contributed by atoms with Crippen molar-refractivity contribution in [1.29, 1.82) is 0 Å². The van der Waals surface area contributed by atoms with Crippen LogP contribution in [0.2, 0.25) is 0 Å². The molecule has 0 atom stereocenters. The van der Waals surface area contributed by atoms with Crippen molar-refractivity contribution in [2.24, 2.45) is 0 Å². The zero-order valence-electron chi connectivity index (χ0n) is 18.4. The Morgan fingerprint density at radius 2 is 1.59 bits per heavy atom. The van der Waals surface area contributed by atoms with Gasteiger partial charge in [-0.3, -0.25) is 14.9 Å². The molecule has 2 aromatic rings. The fourth-order valence-electron chi connectivity index (χ4n) is 3.48. The lowest BCUT2D eigenvalue weighted by Gasteiger charge is -2.33. The maximum Gasteiger partial charge on any atom is 0.289 e. The zero-order chi connectivity index (χ0) is 23.5. The van der Waals surface area contributed by atoms with Gasteiger partial charge in [-0.25, -0.2) is 8.42 Å². The van der Waals surface area contributed by atoms with Gasteiger partial charge in [0.25, 0.3) is 5.69 Å². The largest absolute Gasteiger partial charge is 0.337 e. The third kappa shape index (κ3) is 5.23. The van der Waals surface area contributed by atoms with Crippen LogP contribution in [0, 0.1) is 10.1 Å². The van der Waals surface area contributed by atoms with E-state index in [1.165, 1.54) is 40.2 Å². The molecule has 1 amide bonds. The first-order chi connectivity index (χ1) is 15.0. The van der Waals surface area contributed by atoms with Crippen molar-refractivity contribution in [3.8, 4) is 0 Å². The number of nitro benzene ring substituents is 1. The van der Waals surface area contributed by atoms with Gasteiger partial charge in [0.2, 0.25) is 15.9 Å². The van der Waals surface area contributed by atoms with Crippen molar-refractivity contribution < 1.29 is 18.1 Å². The van der Waals surface area contributed by atoms with Gasteiger partial charge in [-0.05, 0) is 28.7 Å². The van der Waals surface area contributed by atoms with E-state index in [1.54, 1.807) is 11.0 Å². The van der Waals surface area contributed by atoms with Crippen LogP contribution in [0.1, 0.15) is 31.9 Å². The molecule has 1 saturated heterocycles. The third-order valence-electron chi connectivity index (χ3n) is 5.43. The van der Waals surface area contributed by atoms with Gasteiger partial charge in [0.05, 0.1) is 4.92 Å². The molecule has 2 aromatic carbocycles. The summed E-state index contributed by atoms with van der Waals surface area (Å²) < 4.78 is 27.0. The lowest BCUT2D eigenvalue weighted by Crippen LogP contribution is -2.50. The molecule has 0 spiro atoms. The van der Waals surface area contributed by atoms with Gasteiger partial charge in [0.15, 0.2) is 4.90 Å². The first kappa shape index (κ1) is 23.6. The first-order valence-corrected chi connectivity index (χ1v) is 11.8. The number of hydrogen-bond acceptors (Lipinski definition) is 5. The van der Waals surface area contributed by atoms with Crippen molar-refractivity contribution in [3.63, 3.8) is 0 Å². The van der Waals surface area contributed by atoms with Crippen LogP contribution >= 0.6 is 0 Å². The summed E-state index contributed by atoms with van der Waals surface area (Å²) in [6.07, 6.45) is 3.23. The van der Waals surface area contributed by atoms with E-state index < -0.39 is 20.6 Å². The van der Waals surface area contributed by atoms with Crippen LogP contribution in [-0.4, -0.2) is 54.6 Å². The second-order valence-electron chi connectivity index (χ2n) is 8.66. The Hall–Kier alpha value is -3.04. The molecule has 1 heterocycles. The average molecular weight is 458 g/mol. The van der Waals surface area contributed by atoms with E-state index in [9.17, 15) is 23.3 Å². The fourth-order valence-corrected chi connectivity index (χ4v) is 5.06. The van der Waals surface area contributed by atoms with Crippen LogP contribution in [0.5, 0.6) is 0 Å². The number of para-hydroxylation sites is 1. The molecule has 0 unspecified atom stereocenters. The summed E-state index contributed by atoms with van der Waals surface area (Å²) in [5.74, 6) is -0.201. The van der Waals surface area contributed by atoms with Crippen LogP contribution in [0.25, 0.3) is 6.08 Å². The van der Waals surface area contributed by atoms with E-state index >= 15 is 0 Å². The number of carbonyl (C=O) groups is 1. The number of nitro groups is 1. The summed E-state index contributed by atoms with van der Waals surface area (Å²) in [6.45, 7) is 6.99. The standard InChI is InChI=1S/C23H27N3O5S/c1-23(2,3)19-11-8-18(9-12-19)10-13-22(27)24-14-16-25(17-15-24)32(30,31)21-7-5-4-6-20(21)26(28)29/h4-13H,14-17H2,1-3H3. The van der Waals surface area contributed by atoms with Gasteiger partial charge >= 0.3 is 0 Å². The van der Waals surface area contributed by atoms with Crippen LogP contribution in [0.3, 0.4) is 0 Å². The van der Waals surface area contributed by atoms with Gasteiger partial charge < -0.3 is 4.90 Å². The van der Waals surface area contributed by atoms with Gasteiger partial charge in [-0.15, -0.1) is 0 Å². The molecule has 3 rings (SSSR count). The smallest absolute Gasteiger partial charge is 0.289 e. The Morgan fingerprint density at radius 1 is 1.00 bits per heavy atom. The topological polar surface area (TPSA) is 101 Å². The molecule has 170 valence electrons. The Morgan fingerprint density at radius 3 is 2.16 bits per heavy atom. The molecule has 0 saturated carbocycles. The van der Waals surface area contributed by atoms with Crippen molar-refractivity contribution in [1.82, 2.24) is 9.21 Å². The normalized spacial score (nSPS) is 15.8. The molecule has 0 aromatic heterocycles. The minimum Gasteiger partial charge on any atom is -0.337 e. The number of hydrogen-bond donors (Lipinski definition) is 0. The van der Waals surface area contributed by atoms with E-state index in [0.29, 0.717) is 0 Å². The second kappa shape index (κ2) is 9.22. The summed E-state index contributed by atoms with van der Waals surface area (Å²) in [6, 6.07) is 13.3. The average Bonchev–Trinajstić information content (AvgIpc) is 2.77. The van der Waals surface area contributed by atoms with Gasteiger partial charge in [0.1, 0.15) is 0 Å². The van der Waals surface area contributed by atoms with Crippen molar-refractivity contribution in [2.75, 3.05) is 26.2 Å². The second-order valence-corrected chi connectivity index (χ2v) is 10.6. The van der Waals surface area contributed by atoms with Crippen molar-refractivity contribution in [3.05, 3.63) is 75.8 Å². The lowest BCUT2D eigenvalue weighted by molar-refractivity contribution is -0.387. The molecular formula is C23H27N3O5S. The quantitative estimate of drug-likeness (QED) is 0.389. The summed E-state index contributed by atoms with van der Waals surface area (Å²) in [7, 11) is -4.02. The fraction of sp³-hybridized carbons (Fsp3) is 0.348. The zero-order valence-corrected chi connectivity index (χ0v) is 19.2. The minimum absolute atomic E-state index is 0.0538.